The molecule has 1 aromatic carbocycles. The molecular weight excluding hydrogens is 200 g/mol. The van der Waals surface area contributed by atoms with Gasteiger partial charge in [0.2, 0.25) is 0 Å². The summed E-state index contributed by atoms with van der Waals surface area (Å²) in [6.45, 7) is 3.22. The van der Waals surface area contributed by atoms with E-state index in [0.29, 0.717) is 25.2 Å². The number of halogens is 2. The van der Waals surface area contributed by atoms with Gasteiger partial charge in [-0.05, 0) is 13.0 Å². The summed E-state index contributed by atoms with van der Waals surface area (Å²) in [5.41, 5.74) is -0.192. The molecule has 0 amide bonds. The molecule has 0 aromatic heterocycles. The van der Waals surface area contributed by atoms with Gasteiger partial charge in [-0.1, -0.05) is 6.07 Å². The van der Waals surface area contributed by atoms with Crippen molar-refractivity contribution in [2.45, 2.75) is 19.1 Å². The minimum absolute atomic E-state index is 0.419. The van der Waals surface area contributed by atoms with Crippen molar-refractivity contribution in [2.75, 3.05) is 13.1 Å². The number of aliphatic hydroxyl groups is 1. The third-order valence-electron chi connectivity index (χ3n) is 2.54. The molecule has 1 aliphatic rings. The molecular formula is C11H13F2NO. The third-order valence-corrected chi connectivity index (χ3v) is 2.54. The van der Waals surface area contributed by atoms with Gasteiger partial charge in [0.1, 0.15) is 11.6 Å². The van der Waals surface area contributed by atoms with Crippen molar-refractivity contribution in [1.82, 2.24) is 4.90 Å². The minimum atomic E-state index is -0.656. The fourth-order valence-electron chi connectivity index (χ4n) is 1.92. The number of rotatable bonds is 2. The van der Waals surface area contributed by atoms with Crippen LogP contribution < -0.4 is 0 Å². The van der Waals surface area contributed by atoms with Gasteiger partial charge in [0.05, 0.1) is 5.60 Å². The van der Waals surface area contributed by atoms with Crippen molar-refractivity contribution in [1.29, 1.82) is 0 Å². The lowest BCUT2D eigenvalue weighted by molar-refractivity contribution is -0.0874. The molecule has 0 aliphatic carbocycles. The Bertz CT molecular complexity index is 371. The van der Waals surface area contributed by atoms with E-state index in [2.05, 4.69) is 0 Å². The largest absolute Gasteiger partial charge is 0.388 e. The van der Waals surface area contributed by atoms with Crippen LogP contribution in [0.3, 0.4) is 0 Å². The molecule has 82 valence electrons. The molecule has 2 nitrogen and oxygen atoms in total. The zero-order chi connectivity index (χ0) is 11.1. The first-order chi connectivity index (χ1) is 6.96. The summed E-state index contributed by atoms with van der Waals surface area (Å²) in [4.78, 5) is 1.91. The average molecular weight is 213 g/mol. The van der Waals surface area contributed by atoms with Crippen LogP contribution >= 0.6 is 0 Å². The van der Waals surface area contributed by atoms with E-state index < -0.39 is 17.2 Å². The van der Waals surface area contributed by atoms with Crippen molar-refractivity contribution >= 4 is 0 Å². The van der Waals surface area contributed by atoms with Crippen LogP contribution in [-0.4, -0.2) is 28.7 Å². The predicted molar refractivity (Wildman–Crippen MR) is 52.3 cm³/mol. The molecule has 0 unspecified atom stereocenters. The predicted octanol–water partition coefficient (Wildman–Crippen LogP) is 1.53. The maximum Gasteiger partial charge on any atom is 0.130 e. The van der Waals surface area contributed by atoms with Gasteiger partial charge in [-0.15, -0.1) is 0 Å². The van der Waals surface area contributed by atoms with Gasteiger partial charge in [-0.25, -0.2) is 8.78 Å². The van der Waals surface area contributed by atoms with E-state index in [9.17, 15) is 13.9 Å². The summed E-state index contributed by atoms with van der Waals surface area (Å²) < 4.78 is 25.8. The molecule has 1 aliphatic heterocycles. The molecule has 2 rings (SSSR count). The Hall–Kier alpha value is -1.00. The van der Waals surface area contributed by atoms with Gasteiger partial charge in [-0.2, -0.15) is 0 Å². The van der Waals surface area contributed by atoms with Gasteiger partial charge >= 0.3 is 0 Å². The quantitative estimate of drug-likeness (QED) is 0.805. The van der Waals surface area contributed by atoms with Gasteiger partial charge < -0.3 is 5.11 Å². The minimum Gasteiger partial charge on any atom is -0.388 e. The zero-order valence-electron chi connectivity index (χ0n) is 8.50. The van der Waals surface area contributed by atoms with Gasteiger partial charge in [0.15, 0.2) is 0 Å². The lowest BCUT2D eigenvalue weighted by Crippen LogP contribution is -2.59. The summed E-state index contributed by atoms with van der Waals surface area (Å²) in [6.07, 6.45) is 0. The smallest absolute Gasteiger partial charge is 0.130 e. The second-order valence-corrected chi connectivity index (χ2v) is 4.38. The van der Waals surface area contributed by atoms with Gasteiger partial charge in [0, 0.05) is 31.3 Å². The molecule has 0 spiro atoms. The highest BCUT2D eigenvalue weighted by atomic mass is 19.1. The van der Waals surface area contributed by atoms with E-state index in [1.165, 1.54) is 12.1 Å². The van der Waals surface area contributed by atoms with Crippen molar-refractivity contribution < 1.29 is 13.9 Å². The SMILES string of the molecule is CC1(O)CN(Cc2ccc(F)cc2F)C1. The number of hydrogen-bond donors (Lipinski definition) is 1. The first kappa shape index (κ1) is 10.5. The number of hydrogen-bond acceptors (Lipinski definition) is 2. The van der Waals surface area contributed by atoms with Crippen molar-refractivity contribution in [2.24, 2.45) is 0 Å². The second-order valence-electron chi connectivity index (χ2n) is 4.38. The molecule has 1 N–H and O–H groups in total. The monoisotopic (exact) mass is 213 g/mol. The summed E-state index contributed by atoms with van der Waals surface area (Å²) in [7, 11) is 0. The molecule has 0 saturated carbocycles. The fraction of sp³-hybridized carbons (Fsp3) is 0.455. The third kappa shape index (κ3) is 2.33. The first-order valence-electron chi connectivity index (χ1n) is 4.85. The number of benzene rings is 1. The Morgan fingerprint density at radius 1 is 1.40 bits per heavy atom. The second kappa shape index (κ2) is 3.54. The van der Waals surface area contributed by atoms with Crippen LogP contribution in [0.15, 0.2) is 18.2 Å². The standard InChI is InChI=1S/C11H13F2NO/c1-11(15)6-14(7-11)5-8-2-3-9(12)4-10(8)13/h2-4,15H,5-7H2,1H3. The highest BCUT2D eigenvalue weighted by molar-refractivity contribution is 5.19. The molecule has 0 atom stereocenters. The first-order valence-corrected chi connectivity index (χ1v) is 4.85. The normalized spacial score (nSPS) is 20.0. The maximum atomic E-state index is 13.2. The Labute approximate surface area is 87.1 Å². The van der Waals surface area contributed by atoms with Crippen LogP contribution in [-0.2, 0) is 6.54 Å². The summed E-state index contributed by atoms with van der Waals surface area (Å²) >= 11 is 0. The van der Waals surface area contributed by atoms with E-state index in [4.69, 9.17) is 0 Å². The Morgan fingerprint density at radius 3 is 2.60 bits per heavy atom. The Morgan fingerprint density at radius 2 is 2.07 bits per heavy atom. The lowest BCUT2D eigenvalue weighted by Gasteiger charge is -2.44. The lowest BCUT2D eigenvalue weighted by atomic mass is 9.96. The number of β-amino-alcohol motifs (C(OH)–C–C–N with tert-alkyl or cyclic N) is 1. The van der Waals surface area contributed by atoms with Crippen LogP contribution in [0.2, 0.25) is 0 Å². The van der Waals surface area contributed by atoms with Crippen LogP contribution in [0.25, 0.3) is 0 Å². The Balaban J connectivity index is 2.00. The van der Waals surface area contributed by atoms with Crippen LogP contribution in [0.1, 0.15) is 12.5 Å². The van der Waals surface area contributed by atoms with Crippen LogP contribution in [0.4, 0.5) is 8.78 Å². The molecule has 1 fully saturated rings. The molecule has 0 radical (unpaired) electrons. The number of likely N-dealkylation sites (tertiary alicyclic amines) is 1. The molecule has 1 heterocycles. The summed E-state index contributed by atoms with van der Waals surface area (Å²) in [5.74, 6) is -1.09. The van der Waals surface area contributed by atoms with Gasteiger partial charge in [-0.3, -0.25) is 4.90 Å². The zero-order valence-corrected chi connectivity index (χ0v) is 8.50. The number of nitrogens with zero attached hydrogens (tertiary/aromatic N) is 1. The van der Waals surface area contributed by atoms with Crippen molar-refractivity contribution in [3.63, 3.8) is 0 Å². The fourth-order valence-corrected chi connectivity index (χ4v) is 1.92. The van der Waals surface area contributed by atoms with Crippen LogP contribution in [0, 0.1) is 11.6 Å². The summed E-state index contributed by atoms with van der Waals surface area (Å²) in [6, 6.07) is 3.57. The molecule has 0 bridgehead atoms. The van der Waals surface area contributed by atoms with Crippen LogP contribution in [0.5, 0.6) is 0 Å². The van der Waals surface area contributed by atoms with E-state index >= 15 is 0 Å². The van der Waals surface area contributed by atoms with Gasteiger partial charge in [0.25, 0.3) is 0 Å². The Kier molecular flexibility index (Phi) is 2.48. The molecule has 15 heavy (non-hydrogen) atoms. The van der Waals surface area contributed by atoms with E-state index in [-0.39, 0.29) is 0 Å². The van der Waals surface area contributed by atoms with E-state index in [0.717, 1.165) is 6.07 Å². The molecule has 1 aromatic rings. The highest BCUT2D eigenvalue weighted by Crippen LogP contribution is 2.23. The van der Waals surface area contributed by atoms with E-state index in [1.54, 1.807) is 6.92 Å². The van der Waals surface area contributed by atoms with Crippen molar-refractivity contribution in [3.8, 4) is 0 Å². The average Bonchev–Trinajstić information content (AvgIpc) is 2.06. The highest BCUT2D eigenvalue weighted by Gasteiger charge is 2.36. The van der Waals surface area contributed by atoms with E-state index in [1.807, 2.05) is 4.90 Å². The molecule has 4 heteroatoms. The topological polar surface area (TPSA) is 23.5 Å². The molecule has 1 saturated heterocycles. The maximum absolute atomic E-state index is 13.2. The summed E-state index contributed by atoms with van der Waals surface area (Å²) in [5, 5.41) is 9.48. The van der Waals surface area contributed by atoms with Crippen molar-refractivity contribution in [3.05, 3.63) is 35.4 Å².